The number of aromatic nitrogens is 1. The lowest BCUT2D eigenvalue weighted by Crippen LogP contribution is -2.14. The van der Waals surface area contributed by atoms with Crippen molar-refractivity contribution < 1.29 is 14.6 Å². The molecule has 0 saturated carbocycles. The zero-order valence-corrected chi connectivity index (χ0v) is 13.6. The zero-order valence-electron chi connectivity index (χ0n) is 12.0. The Bertz CT molecular complexity index is 587. The second kappa shape index (κ2) is 7.43. The normalized spacial score (nSPS) is 12.0. The van der Waals surface area contributed by atoms with Crippen LogP contribution in [-0.2, 0) is 12.8 Å². The first kappa shape index (κ1) is 15.8. The summed E-state index contributed by atoms with van der Waals surface area (Å²) in [6, 6.07) is 9.49. The van der Waals surface area contributed by atoms with E-state index in [0.29, 0.717) is 24.3 Å². The van der Waals surface area contributed by atoms with Crippen molar-refractivity contribution in [2.75, 3.05) is 14.2 Å². The lowest BCUT2D eigenvalue weighted by atomic mass is 10.0. The van der Waals surface area contributed by atoms with Crippen molar-refractivity contribution in [2.24, 2.45) is 0 Å². The van der Waals surface area contributed by atoms with Gasteiger partial charge in [0, 0.05) is 22.8 Å². The number of aliphatic hydroxyl groups is 1. The van der Waals surface area contributed by atoms with E-state index in [1.54, 1.807) is 20.4 Å². The molecule has 0 radical (unpaired) electrons. The summed E-state index contributed by atoms with van der Waals surface area (Å²) in [7, 11) is 3.20. The second-order valence-electron chi connectivity index (χ2n) is 4.72. The molecule has 1 aromatic heterocycles. The van der Waals surface area contributed by atoms with Crippen molar-refractivity contribution in [3.8, 4) is 11.5 Å². The summed E-state index contributed by atoms with van der Waals surface area (Å²) in [5, 5.41) is 10.2. The van der Waals surface area contributed by atoms with Gasteiger partial charge in [-0.3, -0.25) is 4.98 Å². The van der Waals surface area contributed by atoms with Crippen molar-refractivity contribution >= 4 is 15.9 Å². The summed E-state index contributed by atoms with van der Waals surface area (Å²) < 4.78 is 11.4. The van der Waals surface area contributed by atoms with E-state index in [2.05, 4.69) is 20.9 Å². The Hall–Kier alpha value is -1.59. The third-order valence-corrected chi connectivity index (χ3v) is 3.62. The highest BCUT2D eigenvalue weighted by Crippen LogP contribution is 2.28. The molecule has 0 aliphatic carbocycles. The third kappa shape index (κ3) is 4.44. The molecule has 5 heteroatoms. The molecule has 21 heavy (non-hydrogen) atoms. The fourth-order valence-corrected chi connectivity index (χ4v) is 2.35. The van der Waals surface area contributed by atoms with Gasteiger partial charge in [-0.2, -0.15) is 0 Å². The Kier molecular flexibility index (Phi) is 5.59. The molecule has 1 N–H and O–H groups in total. The monoisotopic (exact) mass is 351 g/mol. The number of halogens is 1. The van der Waals surface area contributed by atoms with Gasteiger partial charge in [0.15, 0.2) is 11.5 Å². The molecule has 1 heterocycles. The van der Waals surface area contributed by atoms with Gasteiger partial charge >= 0.3 is 0 Å². The molecule has 2 aromatic rings. The van der Waals surface area contributed by atoms with Crippen LogP contribution in [0, 0.1) is 0 Å². The SMILES string of the molecule is COc1ccc(CC(O)Cc2ccc(Br)cn2)cc1OC. The molecule has 0 aliphatic heterocycles. The minimum absolute atomic E-state index is 0.489. The lowest BCUT2D eigenvalue weighted by molar-refractivity contribution is 0.174. The molecule has 1 aromatic carbocycles. The summed E-state index contributed by atoms with van der Waals surface area (Å²) in [6.07, 6.45) is 2.30. The maximum Gasteiger partial charge on any atom is 0.160 e. The van der Waals surface area contributed by atoms with E-state index >= 15 is 0 Å². The van der Waals surface area contributed by atoms with Gasteiger partial charge in [0.2, 0.25) is 0 Å². The average Bonchev–Trinajstić information content (AvgIpc) is 2.49. The molecule has 112 valence electrons. The largest absolute Gasteiger partial charge is 0.493 e. The number of benzene rings is 1. The molecule has 0 saturated heterocycles. The molecule has 4 nitrogen and oxygen atoms in total. The van der Waals surface area contributed by atoms with Crippen molar-refractivity contribution in [1.29, 1.82) is 0 Å². The number of methoxy groups -OCH3 is 2. The van der Waals surface area contributed by atoms with Crippen LogP contribution in [0.5, 0.6) is 11.5 Å². The van der Waals surface area contributed by atoms with E-state index in [1.165, 1.54) is 0 Å². The van der Waals surface area contributed by atoms with Crippen LogP contribution >= 0.6 is 15.9 Å². The maximum absolute atomic E-state index is 10.2. The van der Waals surface area contributed by atoms with Gasteiger partial charge in [0.1, 0.15) is 0 Å². The zero-order chi connectivity index (χ0) is 15.2. The summed E-state index contributed by atoms with van der Waals surface area (Å²) >= 11 is 3.34. The fraction of sp³-hybridized carbons (Fsp3) is 0.312. The summed E-state index contributed by atoms with van der Waals surface area (Å²) in [6.45, 7) is 0. The van der Waals surface area contributed by atoms with E-state index in [9.17, 15) is 5.11 Å². The molecular weight excluding hydrogens is 334 g/mol. The Morgan fingerprint density at radius 2 is 1.86 bits per heavy atom. The van der Waals surface area contributed by atoms with Gasteiger partial charge in [0.05, 0.1) is 20.3 Å². The summed E-state index contributed by atoms with van der Waals surface area (Å²) in [4.78, 5) is 4.27. The van der Waals surface area contributed by atoms with Crippen molar-refractivity contribution in [2.45, 2.75) is 18.9 Å². The highest BCUT2D eigenvalue weighted by molar-refractivity contribution is 9.10. The number of rotatable bonds is 6. The van der Waals surface area contributed by atoms with Crippen LogP contribution in [0.4, 0.5) is 0 Å². The van der Waals surface area contributed by atoms with Gasteiger partial charge in [-0.25, -0.2) is 0 Å². The van der Waals surface area contributed by atoms with Crippen LogP contribution < -0.4 is 9.47 Å². The number of aliphatic hydroxyl groups excluding tert-OH is 1. The molecule has 0 fully saturated rings. The Balaban J connectivity index is 2.02. The molecule has 2 rings (SSSR count). The van der Waals surface area contributed by atoms with Crippen LogP contribution in [0.3, 0.4) is 0 Å². The second-order valence-corrected chi connectivity index (χ2v) is 5.63. The van der Waals surface area contributed by atoms with Crippen molar-refractivity contribution in [3.63, 3.8) is 0 Å². The number of ether oxygens (including phenoxy) is 2. The topological polar surface area (TPSA) is 51.6 Å². The minimum Gasteiger partial charge on any atom is -0.493 e. The number of pyridine rings is 1. The summed E-state index contributed by atoms with van der Waals surface area (Å²) in [5.74, 6) is 1.36. The number of hydrogen-bond acceptors (Lipinski definition) is 4. The smallest absolute Gasteiger partial charge is 0.160 e. The Labute approximate surface area is 132 Å². The quantitative estimate of drug-likeness (QED) is 0.868. The van der Waals surface area contributed by atoms with Crippen LogP contribution in [0.25, 0.3) is 0 Å². The minimum atomic E-state index is -0.489. The first-order chi connectivity index (χ1) is 10.1. The molecule has 0 spiro atoms. The highest BCUT2D eigenvalue weighted by atomic mass is 79.9. The van der Waals surface area contributed by atoms with Gasteiger partial charge in [0.25, 0.3) is 0 Å². The predicted octanol–water partition coefficient (Wildman–Crippen LogP) is 3.01. The van der Waals surface area contributed by atoms with E-state index in [0.717, 1.165) is 15.7 Å². The lowest BCUT2D eigenvalue weighted by Gasteiger charge is -2.13. The number of hydrogen-bond donors (Lipinski definition) is 1. The van der Waals surface area contributed by atoms with Crippen LogP contribution in [-0.4, -0.2) is 30.4 Å². The predicted molar refractivity (Wildman–Crippen MR) is 84.9 cm³/mol. The van der Waals surface area contributed by atoms with Crippen LogP contribution in [0.15, 0.2) is 41.0 Å². The van der Waals surface area contributed by atoms with Gasteiger partial charge < -0.3 is 14.6 Å². The first-order valence-electron chi connectivity index (χ1n) is 6.61. The van der Waals surface area contributed by atoms with Crippen molar-refractivity contribution in [1.82, 2.24) is 4.98 Å². The average molecular weight is 352 g/mol. The van der Waals surface area contributed by atoms with E-state index in [-0.39, 0.29) is 0 Å². The van der Waals surface area contributed by atoms with Crippen molar-refractivity contribution in [3.05, 3.63) is 52.3 Å². The van der Waals surface area contributed by atoms with Crippen LogP contribution in [0.1, 0.15) is 11.3 Å². The third-order valence-electron chi connectivity index (χ3n) is 3.15. The van der Waals surface area contributed by atoms with E-state index in [4.69, 9.17) is 9.47 Å². The van der Waals surface area contributed by atoms with Gasteiger partial charge in [-0.05, 0) is 52.2 Å². The van der Waals surface area contributed by atoms with Gasteiger partial charge in [-0.1, -0.05) is 6.07 Å². The van der Waals surface area contributed by atoms with E-state index in [1.807, 2.05) is 30.3 Å². The number of nitrogens with zero attached hydrogens (tertiary/aromatic N) is 1. The first-order valence-corrected chi connectivity index (χ1v) is 7.41. The maximum atomic E-state index is 10.2. The molecule has 0 aliphatic rings. The Morgan fingerprint density at radius 3 is 2.48 bits per heavy atom. The molecule has 0 bridgehead atoms. The highest BCUT2D eigenvalue weighted by Gasteiger charge is 2.10. The molecular formula is C16H18BrNO3. The standard InChI is InChI=1S/C16H18BrNO3/c1-20-15-6-3-11(8-16(15)21-2)7-14(19)9-13-5-4-12(17)10-18-13/h3-6,8,10,14,19H,7,9H2,1-2H3. The molecule has 0 amide bonds. The fourth-order valence-electron chi connectivity index (χ4n) is 2.12. The molecule has 1 atom stereocenters. The summed E-state index contributed by atoms with van der Waals surface area (Å²) in [5.41, 5.74) is 1.86. The molecule has 1 unspecified atom stereocenters. The van der Waals surface area contributed by atoms with Crippen LogP contribution in [0.2, 0.25) is 0 Å². The Morgan fingerprint density at radius 1 is 1.10 bits per heavy atom. The van der Waals surface area contributed by atoms with E-state index < -0.39 is 6.10 Å². The van der Waals surface area contributed by atoms with Gasteiger partial charge in [-0.15, -0.1) is 0 Å².